The van der Waals surface area contributed by atoms with Gasteiger partial charge in [0.2, 0.25) is 0 Å². The van der Waals surface area contributed by atoms with Crippen LogP contribution in [-0.2, 0) is 0 Å². The van der Waals surface area contributed by atoms with Crippen LogP contribution in [0.5, 0.6) is 11.5 Å². The van der Waals surface area contributed by atoms with Crippen LogP contribution in [0.1, 0.15) is 15.9 Å². The number of anilines is 1. The molecule has 0 aliphatic heterocycles. The Labute approximate surface area is 190 Å². The van der Waals surface area contributed by atoms with Gasteiger partial charge < -0.3 is 14.8 Å². The summed E-state index contributed by atoms with van der Waals surface area (Å²) in [6.07, 6.45) is 0. The molecule has 3 aromatic carbocycles. The van der Waals surface area contributed by atoms with Gasteiger partial charge in [-0.15, -0.1) is 10.2 Å². The highest BCUT2D eigenvalue weighted by Crippen LogP contribution is 2.27. The van der Waals surface area contributed by atoms with E-state index in [0.717, 1.165) is 22.5 Å². The van der Waals surface area contributed by atoms with Gasteiger partial charge in [-0.25, -0.2) is 0 Å². The molecule has 1 amide bonds. The topological polar surface area (TPSA) is 90.3 Å². The Balaban J connectivity index is 1.51. The molecule has 162 valence electrons. The van der Waals surface area contributed by atoms with Crippen molar-refractivity contribution in [2.75, 3.05) is 19.5 Å². The molecule has 0 saturated carbocycles. The van der Waals surface area contributed by atoms with Crippen LogP contribution in [-0.4, -0.2) is 40.2 Å². The number of benzene rings is 3. The second kappa shape index (κ2) is 9.03. The third-order valence-corrected chi connectivity index (χ3v) is 5.04. The molecular weight excluding hydrogens is 426 g/mol. The van der Waals surface area contributed by atoms with Crippen molar-refractivity contribution in [3.8, 4) is 17.2 Å². The van der Waals surface area contributed by atoms with Crippen LogP contribution in [0.4, 0.5) is 5.69 Å². The lowest BCUT2D eigenvalue weighted by atomic mass is 10.1. The molecule has 2 N–H and O–H groups in total. The van der Waals surface area contributed by atoms with Crippen molar-refractivity contribution < 1.29 is 14.3 Å². The smallest absolute Gasteiger partial charge is 0.257 e. The minimum atomic E-state index is -0.364. The largest absolute Gasteiger partial charge is 0.493 e. The van der Waals surface area contributed by atoms with Crippen LogP contribution in [0.15, 0.2) is 60.7 Å². The van der Waals surface area contributed by atoms with E-state index in [4.69, 9.17) is 21.7 Å². The summed E-state index contributed by atoms with van der Waals surface area (Å²) in [7, 11) is 3.05. The fourth-order valence-corrected chi connectivity index (χ4v) is 3.39. The van der Waals surface area contributed by atoms with Crippen molar-refractivity contribution in [1.29, 1.82) is 0 Å². The molecular formula is C23H21N5O3S. The molecule has 1 aromatic heterocycles. The summed E-state index contributed by atoms with van der Waals surface area (Å²) >= 11 is 5.35. The van der Waals surface area contributed by atoms with Crippen LogP contribution in [0, 0.1) is 6.92 Å². The fourth-order valence-electron chi connectivity index (χ4n) is 3.19. The minimum absolute atomic E-state index is 0.169. The van der Waals surface area contributed by atoms with Crippen molar-refractivity contribution in [1.82, 2.24) is 20.3 Å². The first kappa shape index (κ1) is 21.3. The predicted octanol–water partition coefficient (Wildman–Crippen LogP) is 3.87. The highest BCUT2D eigenvalue weighted by molar-refractivity contribution is 7.80. The van der Waals surface area contributed by atoms with E-state index in [2.05, 4.69) is 20.8 Å². The highest BCUT2D eigenvalue weighted by Gasteiger charge is 2.14. The van der Waals surface area contributed by atoms with Gasteiger partial charge in [-0.3, -0.25) is 10.1 Å². The number of rotatable bonds is 5. The number of methoxy groups -OCH3 is 2. The van der Waals surface area contributed by atoms with E-state index >= 15 is 0 Å². The Hall–Kier alpha value is -3.98. The zero-order chi connectivity index (χ0) is 22.7. The molecule has 0 aliphatic carbocycles. The number of aromatic nitrogens is 3. The monoisotopic (exact) mass is 447 g/mol. The van der Waals surface area contributed by atoms with Crippen LogP contribution < -0.4 is 20.1 Å². The maximum atomic E-state index is 12.6. The van der Waals surface area contributed by atoms with Crippen molar-refractivity contribution in [3.05, 3.63) is 71.8 Å². The van der Waals surface area contributed by atoms with Gasteiger partial charge >= 0.3 is 0 Å². The molecule has 32 heavy (non-hydrogen) atoms. The average molecular weight is 448 g/mol. The molecule has 4 aromatic rings. The average Bonchev–Trinajstić information content (AvgIpc) is 3.22. The van der Waals surface area contributed by atoms with Crippen LogP contribution in [0.3, 0.4) is 0 Å². The molecule has 9 heteroatoms. The quantitative estimate of drug-likeness (QED) is 0.449. The molecule has 0 fully saturated rings. The van der Waals surface area contributed by atoms with Crippen molar-refractivity contribution >= 4 is 40.0 Å². The Kier molecular flexibility index (Phi) is 6.00. The van der Waals surface area contributed by atoms with E-state index < -0.39 is 0 Å². The van der Waals surface area contributed by atoms with Crippen molar-refractivity contribution in [3.63, 3.8) is 0 Å². The maximum absolute atomic E-state index is 12.6. The van der Waals surface area contributed by atoms with Crippen LogP contribution in [0.25, 0.3) is 16.7 Å². The van der Waals surface area contributed by atoms with E-state index in [0.29, 0.717) is 22.6 Å². The number of carbonyl (C=O) groups is 1. The van der Waals surface area contributed by atoms with Crippen molar-refractivity contribution in [2.45, 2.75) is 6.92 Å². The van der Waals surface area contributed by atoms with Crippen LogP contribution >= 0.6 is 12.2 Å². The first-order chi connectivity index (χ1) is 15.5. The van der Waals surface area contributed by atoms with Gasteiger partial charge in [0.25, 0.3) is 5.91 Å². The Morgan fingerprint density at radius 2 is 1.62 bits per heavy atom. The van der Waals surface area contributed by atoms with Crippen molar-refractivity contribution in [2.24, 2.45) is 0 Å². The summed E-state index contributed by atoms with van der Waals surface area (Å²) in [5.74, 6) is 0.635. The summed E-state index contributed by atoms with van der Waals surface area (Å²) < 4.78 is 10.5. The lowest BCUT2D eigenvalue weighted by Crippen LogP contribution is -2.34. The highest BCUT2D eigenvalue weighted by atomic mass is 32.1. The van der Waals surface area contributed by atoms with E-state index in [9.17, 15) is 4.79 Å². The fraction of sp³-hybridized carbons (Fsp3) is 0.130. The number of aryl methyl sites for hydroxylation is 1. The molecule has 0 spiro atoms. The number of hydrogen-bond donors (Lipinski definition) is 2. The van der Waals surface area contributed by atoms with E-state index in [1.165, 1.54) is 14.2 Å². The number of thiocarbonyl (C=S) groups is 1. The number of nitrogens with zero attached hydrogens (tertiary/aromatic N) is 3. The summed E-state index contributed by atoms with van der Waals surface area (Å²) in [5.41, 5.74) is 4.38. The number of carbonyl (C=O) groups excluding carboxylic acids is 1. The molecule has 1 heterocycles. The van der Waals surface area contributed by atoms with Gasteiger partial charge in [0.15, 0.2) is 16.6 Å². The number of fused-ring (bicyclic) bond motifs is 1. The summed E-state index contributed by atoms with van der Waals surface area (Å²) in [5, 5.41) is 15.0. The normalized spacial score (nSPS) is 10.6. The maximum Gasteiger partial charge on any atom is 0.257 e. The van der Waals surface area contributed by atoms with Gasteiger partial charge in [0.1, 0.15) is 11.0 Å². The SMILES string of the molecule is COc1ccc(C(=O)NC(=S)Nc2cc3nn(-c4ccccc4)nc3cc2C)cc1OC. The molecule has 0 atom stereocenters. The van der Waals surface area contributed by atoms with E-state index in [1.54, 1.807) is 23.0 Å². The number of para-hydroxylation sites is 1. The molecule has 0 aliphatic rings. The standard InChI is InChI=1S/C23H21N5O3S/c1-14-11-18-19(27-28(26-18)16-7-5-4-6-8-16)13-17(14)24-23(32)25-22(29)15-9-10-20(30-2)21(12-15)31-3/h4-13H,1-3H3,(H2,24,25,29,32). The Morgan fingerprint density at radius 1 is 0.938 bits per heavy atom. The summed E-state index contributed by atoms with van der Waals surface area (Å²) in [6.45, 7) is 1.93. The number of nitrogens with one attached hydrogen (secondary N) is 2. The van der Waals surface area contributed by atoms with Gasteiger partial charge in [0, 0.05) is 11.3 Å². The zero-order valence-corrected chi connectivity index (χ0v) is 18.6. The predicted molar refractivity (Wildman–Crippen MR) is 127 cm³/mol. The van der Waals surface area contributed by atoms with Gasteiger partial charge in [-0.1, -0.05) is 18.2 Å². The summed E-state index contributed by atoms with van der Waals surface area (Å²) in [4.78, 5) is 14.2. The Morgan fingerprint density at radius 3 is 2.31 bits per heavy atom. The third-order valence-electron chi connectivity index (χ3n) is 4.83. The molecule has 4 rings (SSSR count). The lowest BCUT2D eigenvalue weighted by Gasteiger charge is -2.13. The molecule has 0 saturated heterocycles. The number of amides is 1. The minimum Gasteiger partial charge on any atom is -0.493 e. The van der Waals surface area contributed by atoms with Gasteiger partial charge in [-0.05, 0) is 67.2 Å². The van der Waals surface area contributed by atoms with Gasteiger partial charge in [-0.2, -0.15) is 4.80 Å². The van der Waals surface area contributed by atoms with E-state index in [-0.39, 0.29) is 11.0 Å². The Bertz CT molecular complexity index is 1300. The van der Waals surface area contributed by atoms with Gasteiger partial charge in [0.05, 0.1) is 19.9 Å². The molecule has 0 unspecified atom stereocenters. The second-order valence-corrected chi connectivity index (χ2v) is 7.37. The third kappa shape index (κ3) is 4.37. The molecule has 8 nitrogen and oxygen atoms in total. The first-order valence-electron chi connectivity index (χ1n) is 9.76. The molecule has 0 bridgehead atoms. The van der Waals surface area contributed by atoms with E-state index in [1.807, 2.05) is 49.4 Å². The number of ether oxygens (including phenoxy) is 2. The summed E-state index contributed by atoms with van der Waals surface area (Å²) in [6, 6.07) is 18.3. The van der Waals surface area contributed by atoms with Crippen LogP contribution in [0.2, 0.25) is 0 Å². The number of hydrogen-bond acceptors (Lipinski definition) is 6. The first-order valence-corrected chi connectivity index (χ1v) is 10.2. The zero-order valence-electron chi connectivity index (χ0n) is 17.7. The molecule has 0 radical (unpaired) electrons. The lowest BCUT2D eigenvalue weighted by molar-refractivity contribution is 0.0977. The second-order valence-electron chi connectivity index (χ2n) is 6.96.